The van der Waals surface area contributed by atoms with Gasteiger partial charge in [0.05, 0.1) is 18.2 Å². The average Bonchev–Trinajstić information content (AvgIpc) is 2.87. The van der Waals surface area contributed by atoms with E-state index < -0.39 is 39.9 Å². The lowest BCUT2D eigenvalue weighted by Crippen LogP contribution is -2.63. The van der Waals surface area contributed by atoms with E-state index in [1.54, 1.807) is 0 Å². The molecular formula is C24H44N6O6S3. The van der Waals surface area contributed by atoms with Gasteiger partial charge in [0.25, 0.3) is 0 Å². The summed E-state index contributed by atoms with van der Waals surface area (Å²) in [4.78, 5) is 0. The van der Waals surface area contributed by atoms with Crippen LogP contribution in [0.3, 0.4) is 0 Å². The SMILES string of the molecule is CCCCCC(S(=O)(=O)NCCCCCC#N)(S(=O)(=O)NCCCCCC#N)S(=O)(=O)NCCCCCC#N. The summed E-state index contributed by atoms with van der Waals surface area (Å²) in [6.07, 6.45) is 5.42. The molecule has 0 aliphatic rings. The molecule has 0 radical (unpaired) electrons. The smallest absolute Gasteiger partial charge is 0.213 e. The zero-order valence-corrected chi connectivity index (χ0v) is 25.4. The van der Waals surface area contributed by atoms with Crippen molar-refractivity contribution in [3.63, 3.8) is 0 Å². The summed E-state index contributed by atoms with van der Waals surface area (Å²) in [5, 5.41) is 26.0. The lowest BCUT2D eigenvalue weighted by atomic mass is 10.2. The van der Waals surface area contributed by atoms with Crippen LogP contribution >= 0.6 is 0 Å². The van der Waals surface area contributed by atoms with Crippen molar-refractivity contribution < 1.29 is 25.3 Å². The molecular weight excluding hydrogens is 565 g/mol. The molecule has 12 nitrogen and oxygen atoms in total. The van der Waals surface area contributed by atoms with Gasteiger partial charge in [0, 0.05) is 45.3 Å². The van der Waals surface area contributed by atoms with E-state index in [-0.39, 0.29) is 26.1 Å². The molecule has 224 valence electrons. The van der Waals surface area contributed by atoms with Gasteiger partial charge in [0.1, 0.15) is 0 Å². The van der Waals surface area contributed by atoms with Gasteiger partial charge in [-0.15, -0.1) is 0 Å². The molecule has 0 aromatic carbocycles. The highest BCUT2D eigenvalue weighted by Gasteiger charge is 2.64. The third-order valence-corrected chi connectivity index (χ3v) is 14.9. The summed E-state index contributed by atoms with van der Waals surface area (Å²) in [5.74, 6) is 0. The van der Waals surface area contributed by atoms with Gasteiger partial charge < -0.3 is 0 Å². The molecule has 15 heteroatoms. The molecule has 0 bridgehead atoms. The second-order valence-corrected chi connectivity index (χ2v) is 16.0. The Labute approximate surface area is 235 Å². The number of hydrogen-bond donors (Lipinski definition) is 3. The number of sulfonamides is 3. The second-order valence-electron chi connectivity index (χ2n) is 9.24. The number of hydrogen-bond acceptors (Lipinski definition) is 9. The van der Waals surface area contributed by atoms with Gasteiger partial charge in [0.2, 0.25) is 30.1 Å². The van der Waals surface area contributed by atoms with E-state index in [9.17, 15) is 25.3 Å². The van der Waals surface area contributed by atoms with Crippen LogP contribution in [-0.2, 0) is 30.1 Å². The van der Waals surface area contributed by atoms with Crippen molar-refractivity contribution in [2.45, 2.75) is 113 Å². The Kier molecular flexibility index (Phi) is 19.2. The Morgan fingerprint density at radius 3 is 1.13 bits per heavy atom. The van der Waals surface area contributed by atoms with E-state index in [0.29, 0.717) is 89.9 Å². The zero-order valence-electron chi connectivity index (χ0n) is 23.0. The van der Waals surface area contributed by atoms with E-state index >= 15 is 0 Å². The summed E-state index contributed by atoms with van der Waals surface area (Å²) >= 11 is 0. The van der Waals surface area contributed by atoms with E-state index in [1.165, 1.54) is 0 Å². The largest absolute Gasteiger partial charge is 0.313 e. The van der Waals surface area contributed by atoms with Crippen LogP contribution < -0.4 is 14.2 Å². The molecule has 0 aliphatic carbocycles. The first-order valence-corrected chi connectivity index (χ1v) is 18.0. The second kappa shape index (κ2) is 20.1. The lowest BCUT2D eigenvalue weighted by Gasteiger charge is -2.32. The highest BCUT2D eigenvalue weighted by Crippen LogP contribution is 2.35. The molecule has 0 amide bonds. The fourth-order valence-electron chi connectivity index (χ4n) is 3.89. The highest BCUT2D eigenvalue weighted by molar-refractivity contribution is 8.24. The molecule has 0 aliphatic heterocycles. The third kappa shape index (κ3) is 12.5. The molecule has 0 atom stereocenters. The standard InChI is InChI=1S/C24H44N6O6S3/c1-2-3-10-17-24(37(31,32)28-21-14-7-4-11-18-25,38(33,34)29-22-15-8-5-12-19-26)39(35,36)30-23-16-9-6-13-20-27/h28-30H,2-17,21-23H2,1H3. The summed E-state index contributed by atoms with van der Waals surface area (Å²) in [5.41, 5.74) is 0. The fourth-order valence-corrected chi connectivity index (χ4v) is 11.6. The zero-order chi connectivity index (χ0) is 29.7. The van der Waals surface area contributed by atoms with Crippen LogP contribution in [0.15, 0.2) is 0 Å². The van der Waals surface area contributed by atoms with Gasteiger partial charge in [-0.25, -0.2) is 39.4 Å². The Balaban J connectivity index is 6.21. The van der Waals surface area contributed by atoms with Gasteiger partial charge >= 0.3 is 3.41 Å². The number of nitrogens with one attached hydrogen (secondary N) is 3. The molecule has 0 saturated heterocycles. The molecule has 0 fully saturated rings. The van der Waals surface area contributed by atoms with Gasteiger partial charge in [0.15, 0.2) is 0 Å². The minimum Gasteiger partial charge on any atom is -0.213 e. The first-order chi connectivity index (χ1) is 18.5. The molecule has 0 saturated carbocycles. The monoisotopic (exact) mass is 608 g/mol. The van der Waals surface area contributed by atoms with Crippen molar-refractivity contribution in [3.8, 4) is 18.2 Å². The average molecular weight is 609 g/mol. The van der Waals surface area contributed by atoms with E-state index in [2.05, 4.69) is 14.2 Å². The topological polar surface area (TPSA) is 210 Å². The molecule has 0 unspecified atom stereocenters. The van der Waals surface area contributed by atoms with Gasteiger partial charge in [-0.05, 0) is 44.9 Å². The van der Waals surface area contributed by atoms with Gasteiger partial charge in [-0.2, -0.15) is 15.8 Å². The van der Waals surface area contributed by atoms with Crippen LogP contribution in [0.25, 0.3) is 0 Å². The Bertz CT molecular complexity index is 1000. The third-order valence-electron chi connectivity index (χ3n) is 6.09. The van der Waals surface area contributed by atoms with Crippen molar-refractivity contribution in [3.05, 3.63) is 0 Å². The maximum Gasteiger partial charge on any atom is 0.313 e. The van der Waals surface area contributed by atoms with E-state index in [4.69, 9.17) is 15.8 Å². The Hall–Kier alpha value is -1.80. The molecule has 0 aromatic rings. The van der Waals surface area contributed by atoms with E-state index in [1.807, 2.05) is 25.1 Å². The van der Waals surface area contributed by atoms with E-state index in [0.717, 1.165) is 0 Å². The van der Waals surface area contributed by atoms with Gasteiger partial charge in [-0.3, -0.25) is 0 Å². The summed E-state index contributed by atoms with van der Waals surface area (Å²) in [6.45, 7) is 1.32. The first kappa shape index (κ1) is 37.2. The van der Waals surface area contributed by atoms with Crippen LogP contribution in [0.1, 0.15) is 110 Å². The summed E-state index contributed by atoms with van der Waals surface area (Å²) in [6, 6.07) is 5.98. The van der Waals surface area contributed by atoms with Crippen molar-refractivity contribution in [2.75, 3.05) is 19.6 Å². The van der Waals surface area contributed by atoms with Crippen LogP contribution in [0, 0.1) is 34.0 Å². The maximum absolute atomic E-state index is 13.7. The summed E-state index contributed by atoms with van der Waals surface area (Å²) in [7, 11) is -14.9. The highest BCUT2D eigenvalue weighted by atomic mass is 32.3. The van der Waals surface area contributed by atoms with Crippen LogP contribution in [0.4, 0.5) is 0 Å². The van der Waals surface area contributed by atoms with Crippen molar-refractivity contribution >= 4 is 30.1 Å². The fraction of sp³-hybridized carbons (Fsp3) is 0.875. The number of unbranched alkanes of at least 4 members (excludes halogenated alkanes) is 11. The van der Waals surface area contributed by atoms with Crippen LogP contribution in [0.2, 0.25) is 0 Å². The quantitative estimate of drug-likeness (QED) is 0.130. The molecule has 0 heterocycles. The van der Waals surface area contributed by atoms with Crippen molar-refractivity contribution in [1.82, 2.24) is 14.2 Å². The molecule has 0 rings (SSSR count). The van der Waals surface area contributed by atoms with Crippen LogP contribution in [0.5, 0.6) is 0 Å². The van der Waals surface area contributed by atoms with Crippen molar-refractivity contribution in [2.24, 2.45) is 0 Å². The molecule has 0 spiro atoms. The Morgan fingerprint density at radius 2 is 0.846 bits per heavy atom. The molecule has 0 aromatic heterocycles. The predicted molar refractivity (Wildman–Crippen MR) is 150 cm³/mol. The first-order valence-electron chi connectivity index (χ1n) is 13.6. The van der Waals surface area contributed by atoms with Gasteiger partial charge in [-0.1, -0.05) is 39.0 Å². The normalized spacial score (nSPS) is 12.5. The number of nitrogens with zero attached hydrogens (tertiary/aromatic N) is 3. The Morgan fingerprint density at radius 1 is 0.513 bits per heavy atom. The lowest BCUT2D eigenvalue weighted by molar-refractivity contribution is 0.509. The minimum atomic E-state index is -4.98. The summed E-state index contributed by atoms with van der Waals surface area (Å²) < 4.78 is 85.7. The molecule has 39 heavy (non-hydrogen) atoms. The maximum atomic E-state index is 13.7. The van der Waals surface area contributed by atoms with Crippen molar-refractivity contribution in [1.29, 1.82) is 15.8 Å². The molecule has 3 N–H and O–H groups in total. The number of nitriles is 3. The predicted octanol–water partition coefficient (Wildman–Crippen LogP) is 3.23. The minimum absolute atomic E-state index is 0.0474. The number of rotatable bonds is 25. The van der Waals surface area contributed by atoms with Crippen LogP contribution in [-0.4, -0.2) is 48.3 Å².